The number of hydrogen-bond donors (Lipinski definition) is 1. The quantitative estimate of drug-likeness (QED) is 0.940. The summed E-state index contributed by atoms with van der Waals surface area (Å²) in [4.78, 5) is 0.351. The van der Waals surface area contributed by atoms with Gasteiger partial charge < -0.3 is 0 Å². The van der Waals surface area contributed by atoms with E-state index in [1.165, 1.54) is 17.5 Å². The Hall–Kier alpha value is -1.81. The maximum absolute atomic E-state index is 12.5. The van der Waals surface area contributed by atoms with Crippen LogP contribution in [0.15, 0.2) is 47.4 Å². The first kappa shape index (κ1) is 14.1. The van der Waals surface area contributed by atoms with Gasteiger partial charge in [-0.3, -0.25) is 4.72 Å². The minimum atomic E-state index is -3.51. The van der Waals surface area contributed by atoms with Crippen molar-refractivity contribution >= 4 is 15.7 Å². The second-order valence-corrected chi connectivity index (χ2v) is 7.29. The van der Waals surface area contributed by atoms with Crippen LogP contribution in [0.5, 0.6) is 0 Å². The number of fused-ring (bicyclic) bond motifs is 1. The predicted octanol–water partition coefficient (Wildman–Crippen LogP) is 3.67. The molecule has 1 aliphatic rings. The van der Waals surface area contributed by atoms with E-state index in [2.05, 4.69) is 4.72 Å². The van der Waals surface area contributed by atoms with E-state index in [1.807, 2.05) is 31.2 Å². The summed E-state index contributed by atoms with van der Waals surface area (Å²) in [5.74, 6) is 0. The normalized spacial score (nSPS) is 14.5. The Balaban J connectivity index is 1.89. The molecule has 0 aromatic heterocycles. The average molecular weight is 301 g/mol. The van der Waals surface area contributed by atoms with Crippen molar-refractivity contribution in [1.29, 1.82) is 0 Å². The van der Waals surface area contributed by atoms with Crippen LogP contribution in [0.25, 0.3) is 0 Å². The van der Waals surface area contributed by atoms with E-state index in [0.717, 1.165) is 24.8 Å². The fourth-order valence-corrected chi connectivity index (χ4v) is 3.82. The maximum Gasteiger partial charge on any atom is 0.261 e. The summed E-state index contributed by atoms with van der Waals surface area (Å²) in [5, 5.41) is 0. The van der Waals surface area contributed by atoms with E-state index in [0.29, 0.717) is 10.6 Å². The molecule has 0 heterocycles. The summed E-state index contributed by atoms with van der Waals surface area (Å²) in [5.41, 5.74) is 4.16. The van der Waals surface area contributed by atoms with Gasteiger partial charge in [-0.2, -0.15) is 0 Å². The van der Waals surface area contributed by atoms with E-state index in [9.17, 15) is 8.42 Å². The zero-order valence-electron chi connectivity index (χ0n) is 12.1. The third kappa shape index (κ3) is 3.10. The van der Waals surface area contributed by atoms with Gasteiger partial charge in [0.25, 0.3) is 10.0 Å². The second kappa shape index (κ2) is 5.53. The van der Waals surface area contributed by atoms with Crippen molar-refractivity contribution in [3.05, 3.63) is 59.2 Å². The molecule has 0 amide bonds. The molecule has 2 aromatic rings. The van der Waals surface area contributed by atoms with Crippen LogP contribution in [-0.4, -0.2) is 8.42 Å². The summed E-state index contributed by atoms with van der Waals surface area (Å²) >= 11 is 0. The summed E-state index contributed by atoms with van der Waals surface area (Å²) < 4.78 is 27.6. The Morgan fingerprint density at radius 3 is 2.29 bits per heavy atom. The van der Waals surface area contributed by atoms with Crippen molar-refractivity contribution < 1.29 is 8.42 Å². The number of rotatable bonds is 3. The van der Waals surface area contributed by atoms with Gasteiger partial charge in [0.1, 0.15) is 0 Å². The van der Waals surface area contributed by atoms with Crippen LogP contribution in [0.1, 0.15) is 29.5 Å². The zero-order chi connectivity index (χ0) is 14.9. The molecule has 0 fully saturated rings. The Morgan fingerprint density at radius 2 is 1.57 bits per heavy atom. The molecule has 0 unspecified atom stereocenters. The highest BCUT2D eigenvalue weighted by Gasteiger charge is 2.17. The first-order valence-corrected chi connectivity index (χ1v) is 8.74. The molecule has 3 nitrogen and oxygen atoms in total. The van der Waals surface area contributed by atoms with Crippen LogP contribution in [0.3, 0.4) is 0 Å². The van der Waals surface area contributed by atoms with E-state index in [1.54, 1.807) is 18.2 Å². The van der Waals surface area contributed by atoms with E-state index >= 15 is 0 Å². The molecule has 0 bridgehead atoms. The van der Waals surface area contributed by atoms with Crippen LogP contribution >= 0.6 is 0 Å². The number of hydrogen-bond acceptors (Lipinski definition) is 2. The standard InChI is InChI=1S/C17H19NO2S/c1-13-6-9-16(10-7-13)18-21(19,20)17-11-8-14-4-2-3-5-15(14)12-17/h6-12,18H,2-5H2,1H3. The second-order valence-electron chi connectivity index (χ2n) is 5.61. The third-order valence-electron chi connectivity index (χ3n) is 3.93. The lowest BCUT2D eigenvalue weighted by molar-refractivity contribution is 0.600. The Kier molecular flexibility index (Phi) is 3.72. The van der Waals surface area contributed by atoms with Crippen molar-refractivity contribution in [3.63, 3.8) is 0 Å². The molecule has 0 spiro atoms. The first-order valence-electron chi connectivity index (χ1n) is 7.26. The molecule has 0 saturated heterocycles. The Morgan fingerprint density at radius 1 is 0.905 bits per heavy atom. The highest BCUT2D eigenvalue weighted by Crippen LogP contribution is 2.25. The molecule has 1 N–H and O–H groups in total. The molecule has 2 aromatic carbocycles. The minimum absolute atomic E-state index is 0.351. The van der Waals surface area contributed by atoms with Gasteiger partial charge in [-0.05, 0) is 68.0 Å². The van der Waals surface area contributed by atoms with Crippen molar-refractivity contribution in [2.45, 2.75) is 37.5 Å². The van der Waals surface area contributed by atoms with Crippen molar-refractivity contribution in [3.8, 4) is 0 Å². The lowest BCUT2D eigenvalue weighted by Gasteiger charge is -2.17. The topological polar surface area (TPSA) is 46.2 Å². The average Bonchev–Trinajstić information content (AvgIpc) is 2.49. The fourth-order valence-electron chi connectivity index (χ4n) is 2.71. The number of benzene rings is 2. The van der Waals surface area contributed by atoms with Crippen LogP contribution in [0.2, 0.25) is 0 Å². The SMILES string of the molecule is Cc1ccc(NS(=O)(=O)c2ccc3c(c2)CCCC3)cc1. The molecule has 1 aliphatic carbocycles. The van der Waals surface area contributed by atoms with Crippen LogP contribution in [0.4, 0.5) is 5.69 Å². The highest BCUT2D eigenvalue weighted by atomic mass is 32.2. The van der Waals surface area contributed by atoms with Gasteiger partial charge in [-0.25, -0.2) is 8.42 Å². The van der Waals surface area contributed by atoms with Crippen molar-refractivity contribution in [2.75, 3.05) is 4.72 Å². The zero-order valence-corrected chi connectivity index (χ0v) is 12.9. The molecule has 110 valence electrons. The summed E-state index contributed by atoms with van der Waals surface area (Å²) in [6.45, 7) is 1.97. The number of sulfonamides is 1. The van der Waals surface area contributed by atoms with Crippen molar-refractivity contribution in [2.24, 2.45) is 0 Å². The van der Waals surface area contributed by atoms with Crippen LogP contribution in [-0.2, 0) is 22.9 Å². The molecule has 3 rings (SSSR count). The summed E-state index contributed by atoms with van der Waals surface area (Å²) in [6, 6.07) is 12.8. The number of aryl methyl sites for hydroxylation is 3. The van der Waals surface area contributed by atoms with Crippen LogP contribution in [0, 0.1) is 6.92 Å². The molecule has 4 heteroatoms. The minimum Gasteiger partial charge on any atom is -0.280 e. The van der Waals surface area contributed by atoms with Gasteiger partial charge in [-0.1, -0.05) is 23.8 Å². The molecular formula is C17H19NO2S. The molecule has 0 aliphatic heterocycles. The predicted molar refractivity (Wildman–Crippen MR) is 85.1 cm³/mol. The molecule has 21 heavy (non-hydrogen) atoms. The lowest BCUT2D eigenvalue weighted by Crippen LogP contribution is -2.14. The van der Waals surface area contributed by atoms with Gasteiger partial charge in [0.05, 0.1) is 4.90 Å². The van der Waals surface area contributed by atoms with Gasteiger partial charge in [-0.15, -0.1) is 0 Å². The monoisotopic (exact) mass is 301 g/mol. The third-order valence-corrected chi connectivity index (χ3v) is 5.31. The van der Waals surface area contributed by atoms with E-state index < -0.39 is 10.0 Å². The first-order chi connectivity index (χ1) is 10.0. The van der Waals surface area contributed by atoms with Gasteiger partial charge in [0, 0.05) is 5.69 Å². The fraction of sp³-hybridized carbons (Fsp3) is 0.294. The number of nitrogens with one attached hydrogen (secondary N) is 1. The summed E-state index contributed by atoms with van der Waals surface area (Å²) in [7, 11) is -3.51. The highest BCUT2D eigenvalue weighted by molar-refractivity contribution is 7.92. The molecule has 0 radical (unpaired) electrons. The number of anilines is 1. The largest absolute Gasteiger partial charge is 0.280 e. The van der Waals surface area contributed by atoms with Crippen LogP contribution < -0.4 is 4.72 Å². The lowest BCUT2D eigenvalue weighted by atomic mass is 9.92. The summed E-state index contributed by atoms with van der Waals surface area (Å²) in [6.07, 6.45) is 4.37. The van der Waals surface area contributed by atoms with E-state index in [4.69, 9.17) is 0 Å². The molecular weight excluding hydrogens is 282 g/mol. The molecule has 0 atom stereocenters. The van der Waals surface area contributed by atoms with Gasteiger partial charge >= 0.3 is 0 Å². The Bertz CT molecular complexity index is 749. The van der Waals surface area contributed by atoms with Gasteiger partial charge in [0.15, 0.2) is 0 Å². The smallest absolute Gasteiger partial charge is 0.261 e. The van der Waals surface area contributed by atoms with E-state index in [-0.39, 0.29) is 0 Å². The Labute approximate surface area is 126 Å². The van der Waals surface area contributed by atoms with Gasteiger partial charge in [0.2, 0.25) is 0 Å². The maximum atomic E-state index is 12.5. The molecule has 0 saturated carbocycles. The van der Waals surface area contributed by atoms with Crippen molar-refractivity contribution in [1.82, 2.24) is 0 Å².